The van der Waals surface area contributed by atoms with E-state index in [1.807, 2.05) is 6.07 Å². The van der Waals surface area contributed by atoms with E-state index in [0.717, 1.165) is 29.7 Å². The summed E-state index contributed by atoms with van der Waals surface area (Å²) in [5.74, 6) is -0.216. The predicted molar refractivity (Wildman–Crippen MR) is 97.5 cm³/mol. The number of anilines is 1. The van der Waals surface area contributed by atoms with Crippen molar-refractivity contribution in [2.24, 2.45) is 4.99 Å². The Hall–Kier alpha value is -2.72. The van der Waals surface area contributed by atoms with Gasteiger partial charge in [-0.05, 0) is 25.0 Å². The monoisotopic (exact) mass is 373 g/mol. The molecule has 2 heterocycles. The molecule has 134 valence electrons. The zero-order valence-electron chi connectivity index (χ0n) is 14.2. The molecule has 0 radical (unpaired) electrons. The Kier molecular flexibility index (Phi) is 5.33. The number of halogens is 2. The molecular weight excluding hydrogens is 357 g/mol. The smallest absolute Gasteiger partial charge is 0.254 e. The lowest BCUT2D eigenvalue weighted by molar-refractivity contribution is 0.0906. The lowest BCUT2D eigenvalue weighted by atomic mass is 10.1. The first-order chi connectivity index (χ1) is 12.5. The molecule has 1 aromatic carbocycles. The van der Waals surface area contributed by atoms with E-state index in [4.69, 9.17) is 11.6 Å². The van der Waals surface area contributed by atoms with Crippen molar-refractivity contribution < 1.29 is 9.18 Å². The molecule has 0 unspecified atom stereocenters. The van der Waals surface area contributed by atoms with E-state index in [9.17, 15) is 14.4 Å². The third-order valence-electron chi connectivity index (χ3n) is 4.11. The molecule has 0 amide bonds. The van der Waals surface area contributed by atoms with Gasteiger partial charge in [-0.15, -0.1) is 5.10 Å². The Balaban J connectivity index is 1.87. The maximum absolute atomic E-state index is 13.9. The first-order valence-electron chi connectivity index (χ1n) is 8.34. The van der Waals surface area contributed by atoms with Crippen LogP contribution in [0.3, 0.4) is 0 Å². The Labute approximate surface area is 155 Å². The van der Waals surface area contributed by atoms with Crippen LogP contribution in [0.5, 0.6) is 0 Å². The van der Waals surface area contributed by atoms with Gasteiger partial charge < -0.3 is 5.32 Å². The summed E-state index contributed by atoms with van der Waals surface area (Å²) in [5, 5.41) is 16.9. The molecule has 1 aromatic heterocycles. The number of rotatable bonds is 6. The van der Waals surface area contributed by atoms with Crippen molar-refractivity contribution in [2.75, 3.05) is 5.32 Å². The Morgan fingerprint density at radius 1 is 1.46 bits per heavy atom. The number of aliphatic imine (C=N–C) groups is 1. The molecule has 0 fully saturated rings. The molecule has 1 N–H and O–H groups in total. The minimum Gasteiger partial charge on any atom is -0.363 e. The van der Waals surface area contributed by atoms with Gasteiger partial charge in [-0.2, -0.15) is 9.94 Å². The lowest BCUT2D eigenvalue weighted by Gasteiger charge is -2.12. The van der Waals surface area contributed by atoms with E-state index in [1.165, 1.54) is 6.07 Å². The maximum atomic E-state index is 13.9. The van der Waals surface area contributed by atoms with Crippen molar-refractivity contribution in [1.82, 2.24) is 9.78 Å². The van der Waals surface area contributed by atoms with Gasteiger partial charge in [0.1, 0.15) is 17.4 Å². The normalized spacial score (nSPS) is 13.2. The van der Waals surface area contributed by atoms with Gasteiger partial charge in [0.25, 0.3) is 5.91 Å². The summed E-state index contributed by atoms with van der Waals surface area (Å²) in [4.78, 5) is 16.8. The zero-order chi connectivity index (χ0) is 18.7. The third-order valence-corrected chi connectivity index (χ3v) is 4.34. The van der Waals surface area contributed by atoms with E-state index in [2.05, 4.69) is 22.3 Å². The summed E-state index contributed by atoms with van der Waals surface area (Å²) in [6, 6.07) is 6.40. The largest absolute Gasteiger partial charge is 0.363 e. The Bertz CT molecular complexity index is 928. The van der Waals surface area contributed by atoms with E-state index >= 15 is 0 Å². The topological polar surface area (TPSA) is 83.1 Å². The summed E-state index contributed by atoms with van der Waals surface area (Å²) in [6.45, 7) is 2.17. The number of carbonyl (C=O) groups is 1. The first kappa shape index (κ1) is 18.1. The second-order valence-corrected chi connectivity index (χ2v) is 6.45. The molecular formula is C18H17ClFN5O. The van der Waals surface area contributed by atoms with Gasteiger partial charge in [0.2, 0.25) is 0 Å². The van der Waals surface area contributed by atoms with Crippen molar-refractivity contribution >= 4 is 34.9 Å². The summed E-state index contributed by atoms with van der Waals surface area (Å²) < 4.78 is 15.1. The molecule has 0 saturated heterocycles. The Morgan fingerprint density at radius 3 is 2.96 bits per heavy atom. The molecule has 0 aliphatic carbocycles. The molecule has 2 aromatic rings. The highest BCUT2D eigenvalue weighted by Gasteiger charge is 2.26. The molecule has 0 spiro atoms. The highest BCUT2D eigenvalue weighted by molar-refractivity contribution is 6.30. The van der Waals surface area contributed by atoms with Crippen LogP contribution in [0.4, 0.5) is 16.0 Å². The van der Waals surface area contributed by atoms with Crippen LogP contribution >= 0.6 is 11.6 Å². The van der Waals surface area contributed by atoms with E-state index in [1.54, 1.807) is 12.1 Å². The average Bonchev–Trinajstić information content (AvgIpc) is 2.97. The summed E-state index contributed by atoms with van der Waals surface area (Å²) in [5.41, 5.74) is 1.32. The fourth-order valence-corrected chi connectivity index (χ4v) is 2.88. The lowest BCUT2D eigenvalue weighted by Crippen LogP contribution is -2.21. The number of nitrogens with one attached hydrogen (secondary N) is 1. The van der Waals surface area contributed by atoms with E-state index < -0.39 is 5.82 Å². The van der Waals surface area contributed by atoms with Crippen LogP contribution in [0.25, 0.3) is 0 Å². The SMILES string of the molecule is CCCCC1=Nc2c(C#N)c(NCc3ccc(Cl)cc3F)nn2C(=O)C1. The minimum atomic E-state index is -0.455. The van der Waals surface area contributed by atoms with Crippen LogP contribution in [0.2, 0.25) is 5.02 Å². The van der Waals surface area contributed by atoms with Crippen LogP contribution in [-0.2, 0) is 6.54 Å². The highest BCUT2D eigenvalue weighted by atomic mass is 35.5. The van der Waals surface area contributed by atoms with Gasteiger partial charge in [0, 0.05) is 22.8 Å². The summed E-state index contributed by atoms with van der Waals surface area (Å²) in [7, 11) is 0. The number of aromatic nitrogens is 2. The van der Waals surface area contributed by atoms with E-state index in [-0.39, 0.29) is 36.1 Å². The van der Waals surface area contributed by atoms with Gasteiger partial charge >= 0.3 is 0 Å². The van der Waals surface area contributed by atoms with Crippen molar-refractivity contribution in [3.05, 3.63) is 40.2 Å². The van der Waals surface area contributed by atoms with Crippen molar-refractivity contribution in [3.63, 3.8) is 0 Å². The number of benzene rings is 1. The van der Waals surface area contributed by atoms with Crippen LogP contribution in [0.1, 0.15) is 48.5 Å². The molecule has 26 heavy (non-hydrogen) atoms. The molecule has 1 aliphatic rings. The van der Waals surface area contributed by atoms with Gasteiger partial charge in [-0.25, -0.2) is 9.38 Å². The highest BCUT2D eigenvalue weighted by Crippen LogP contribution is 2.30. The number of hydrogen-bond acceptors (Lipinski definition) is 5. The minimum absolute atomic E-state index is 0.106. The van der Waals surface area contributed by atoms with Crippen molar-refractivity contribution in [1.29, 1.82) is 5.26 Å². The second-order valence-electron chi connectivity index (χ2n) is 6.01. The number of unbranched alkanes of at least 4 members (excludes halogenated alkanes) is 1. The standard InChI is InChI=1S/C18H17ClFN5O/c1-2-3-4-13-8-16(26)25-18(23-13)14(9-21)17(24-25)22-10-11-5-6-12(19)7-15(11)20/h5-7H,2-4,8,10H2,1H3,(H,22,24). The number of fused-ring (bicyclic) bond motifs is 1. The molecule has 8 heteroatoms. The van der Waals surface area contributed by atoms with Crippen LogP contribution < -0.4 is 5.32 Å². The van der Waals surface area contributed by atoms with Crippen LogP contribution in [0, 0.1) is 17.1 Å². The third kappa shape index (κ3) is 3.60. The van der Waals surface area contributed by atoms with Crippen molar-refractivity contribution in [2.45, 2.75) is 39.2 Å². The predicted octanol–water partition coefficient (Wildman–Crippen LogP) is 4.47. The van der Waals surface area contributed by atoms with Crippen LogP contribution in [0.15, 0.2) is 23.2 Å². The first-order valence-corrected chi connectivity index (χ1v) is 8.71. The fourth-order valence-electron chi connectivity index (χ4n) is 2.72. The maximum Gasteiger partial charge on any atom is 0.254 e. The second kappa shape index (κ2) is 7.67. The van der Waals surface area contributed by atoms with E-state index in [0.29, 0.717) is 10.6 Å². The van der Waals surface area contributed by atoms with Gasteiger partial charge in [-0.3, -0.25) is 4.79 Å². The fraction of sp³-hybridized carbons (Fsp3) is 0.333. The van der Waals surface area contributed by atoms with Crippen molar-refractivity contribution in [3.8, 4) is 6.07 Å². The molecule has 0 atom stereocenters. The molecule has 1 aliphatic heterocycles. The summed E-state index contributed by atoms with van der Waals surface area (Å²) >= 11 is 5.74. The van der Waals surface area contributed by atoms with Gasteiger partial charge in [-0.1, -0.05) is 31.0 Å². The molecule has 6 nitrogen and oxygen atoms in total. The number of nitrogens with zero attached hydrogens (tertiary/aromatic N) is 4. The molecule has 0 bridgehead atoms. The average molecular weight is 374 g/mol. The van der Waals surface area contributed by atoms with Crippen LogP contribution in [-0.4, -0.2) is 21.4 Å². The van der Waals surface area contributed by atoms with Gasteiger partial charge in [0.05, 0.1) is 6.42 Å². The number of carbonyl (C=O) groups excluding carboxylic acids is 1. The Morgan fingerprint density at radius 2 is 2.27 bits per heavy atom. The zero-order valence-corrected chi connectivity index (χ0v) is 15.0. The molecule has 0 saturated carbocycles. The molecule has 3 rings (SSSR count). The number of nitriles is 1. The quantitative estimate of drug-likeness (QED) is 0.809. The van der Waals surface area contributed by atoms with Gasteiger partial charge in [0.15, 0.2) is 11.6 Å². The summed E-state index contributed by atoms with van der Waals surface area (Å²) in [6.07, 6.45) is 2.85. The number of hydrogen-bond donors (Lipinski definition) is 1.